The molecule has 0 saturated carbocycles. The van der Waals surface area contributed by atoms with Gasteiger partial charge in [0.1, 0.15) is 0 Å². The Balaban J connectivity index is 2.94. The molecule has 17 heavy (non-hydrogen) atoms. The summed E-state index contributed by atoms with van der Waals surface area (Å²) in [6, 6.07) is 8.74. The third-order valence-corrected chi connectivity index (χ3v) is 7.52. The Bertz CT molecular complexity index is 323. The highest BCUT2D eigenvalue weighted by Gasteiger charge is 2.12. The molecule has 0 saturated heterocycles. The molecule has 0 aromatic heterocycles. The van der Waals surface area contributed by atoms with Gasteiger partial charge in [0.05, 0.1) is 0 Å². The number of ether oxygens (including phenoxy) is 1. The summed E-state index contributed by atoms with van der Waals surface area (Å²) >= 11 is -0.859. The second-order valence-electron chi connectivity index (χ2n) is 5.74. The molecule has 0 aliphatic carbocycles. The third kappa shape index (κ3) is 4.74. The van der Waals surface area contributed by atoms with Gasteiger partial charge in [-0.05, 0) is 0 Å². The number of benzene rings is 1. The summed E-state index contributed by atoms with van der Waals surface area (Å²) in [5.74, 6) is 2.83. The van der Waals surface area contributed by atoms with Crippen molar-refractivity contribution < 1.29 is 4.74 Å². The van der Waals surface area contributed by atoms with Gasteiger partial charge in [-0.1, -0.05) is 57.7 Å². The Morgan fingerprint density at radius 1 is 1.00 bits per heavy atom. The average molecular weight is 249 g/mol. The fourth-order valence-corrected chi connectivity index (χ4v) is 6.53. The molecule has 0 unspecified atom stereocenters. The van der Waals surface area contributed by atoms with Crippen LogP contribution in [0.15, 0.2) is 24.3 Å². The molecular weight excluding hydrogens is 223 g/mol. The molecule has 1 rings (SSSR count). The molecule has 0 heterocycles. The Kier molecular flexibility index (Phi) is 6.09. The minimum atomic E-state index is -0.859. The minimum Gasteiger partial charge on any atom is -0.587 e. The first kappa shape index (κ1) is 14.6. The molecule has 1 radical (unpaired) electrons. The van der Waals surface area contributed by atoms with E-state index in [9.17, 15) is 0 Å². The molecular formula is C15H26AlO. The van der Waals surface area contributed by atoms with Gasteiger partial charge in [0.2, 0.25) is 5.75 Å². The van der Waals surface area contributed by atoms with Crippen molar-refractivity contribution in [2.24, 2.45) is 11.8 Å². The van der Waals surface area contributed by atoms with Gasteiger partial charge in [0, 0.05) is 20.2 Å². The summed E-state index contributed by atoms with van der Waals surface area (Å²) in [5.41, 5.74) is 0. The lowest BCUT2D eigenvalue weighted by Crippen LogP contribution is -2.33. The van der Waals surface area contributed by atoms with Crippen LogP contribution in [0.25, 0.3) is 0 Å². The smallest absolute Gasteiger partial charge is 0.208 e. The van der Waals surface area contributed by atoms with Crippen LogP contribution in [0.5, 0.6) is 5.75 Å². The van der Waals surface area contributed by atoms with Crippen LogP contribution in [0, 0.1) is 11.8 Å². The highest BCUT2D eigenvalue weighted by Crippen LogP contribution is 2.19. The number of rotatable bonds is 6. The minimum absolute atomic E-state index is 0.801. The number of aromatic hydroxyl groups is 1. The normalized spacial score (nSPS) is 11.5. The Labute approximate surface area is 111 Å². The van der Waals surface area contributed by atoms with E-state index in [1.165, 1.54) is 16.3 Å². The van der Waals surface area contributed by atoms with Gasteiger partial charge < -0.3 is 4.74 Å². The van der Waals surface area contributed by atoms with Gasteiger partial charge in [-0.2, -0.15) is 4.43 Å². The molecule has 0 spiro atoms. The van der Waals surface area contributed by atoms with E-state index < -0.39 is 14.1 Å². The number of aliphatic hydroxyl groups is 1. The van der Waals surface area contributed by atoms with E-state index in [0.717, 1.165) is 11.8 Å². The van der Waals surface area contributed by atoms with E-state index in [0.29, 0.717) is 0 Å². The maximum absolute atomic E-state index is 4.44. The molecule has 95 valence electrons. The Morgan fingerprint density at radius 3 is 2.00 bits per heavy atom. The molecule has 1 N–H and O–H groups in total. The summed E-state index contributed by atoms with van der Waals surface area (Å²) in [6.45, 7) is 9.36. The number of para-hydroxylation sites is 1. The monoisotopic (exact) mass is 249 g/mol. The van der Waals surface area contributed by atoms with E-state index in [1.807, 2.05) is 7.11 Å². The van der Waals surface area contributed by atoms with Crippen molar-refractivity contribution in [3.63, 3.8) is 0 Å². The second-order valence-corrected chi connectivity index (χ2v) is 8.70. The fraction of sp³-hybridized carbons (Fsp3) is 0.600. The summed E-state index contributed by atoms with van der Waals surface area (Å²) in [4.78, 5) is 0. The van der Waals surface area contributed by atoms with Crippen molar-refractivity contribution in [2.45, 2.75) is 38.3 Å². The molecule has 1 aromatic carbocycles. The van der Waals surface area contributed by atoms with Crippen molar-refractivity contribution in [3.05, 3.63) is 24.3 Å². The summed E-state index contributed by atoms with van der Waals surface area (Å²) < 4.78 is 6.01. The summed E-state index contributed by atoms with van der Waals surface area (Å²) in [7, 11) is 1.91. The van der Waals surface area contributed by atoms with Gasteiger partial charge in [-0.15, -0.1) is 0 Å². The van der Waals surface area contributed by atoms with Crippen LogP contribution in [-0.2, 0) is 0 Å². The maximum atomic E-state index is 4.44. The predicted octanol–water partition coefficient (Wildman–Crippen LogP) is 3.57. The molecule has 0 amide bonds. The quantitative estimate of drug-likeness (QED) is 0.540. The largest absolute Gasteiger partial charge is 0.587 e. The fourth-order valence-electron chi connectivity index (χ4n) is 2.52. The second kappa shape index (κ2) is 7.09. The van der Waals surface area contributed by atoms with Crippen LogP contribution in [0.4, 0.5) is 0 Å². The van der Waals surface area contributed by atoms with E-state index in [1.54, 1.807) is 4.43 Å². The van der Waals surface area contributed by atoms with Crippen LogP contribution >= 0.6 is 0 Å². The molecule has 0 bridgehead atoms. The zero-order valence-corrected chi connectivity index (χ0v) is 13.1. The summed E-state index contributed by atoms with van der Waals surface area (Å²) in [5, 5.41) is 2.79. The molecule has 1 nitrogen and oxygen atoms in total. The van der Waals surface area contributed by atoms with Crippen molar-refractivity contribution in [1.82, 2.24) is 0 Å². The van der Waals surface area contributed by atoms with Gasteiger partial charge in [-0.25, -0.2) is 10.6 Å². The van der Waals surface area contributed by atoms with Crippen molar-refractivity contribution in [2.75, 3.05) is 7.11 Å². The maximum Gasteiger partial charge on any atom is 0.208 e. The first-order valence-corrected chi connectivity index (χ1v) is 8.94. The number of hydrogen-bond donors (Lipinski definition) is 0. The number of hydrogen-bond acceptors (Lipinski definition) is 0. The van der Waals surface area contributed by atoms with Crippen molar-refractivity contribution in [3.8, 4) is 5.75 Å². The SMILES string of the molecule is C[OH+]c1cccc[c]1[Al-]([CH2]C(C)C)[CH2]C(C)C. The van der Waals surface area contributed by atoms with E-state index in [-0.39, 0.29) is 0 Å². The lowest BCUT2D eigenvalue weighted by molar-refractivity contribution is 0.138. The first-order valence-electron chi connectivity index (χ1n) is 6.73. The van der Waals surface area contributed by atoms with Crippen LogP contribution in [0.3, 0.4) is 0 Å². The van der Waals surface area contributed by atoms with Gasteiger partial charge in [0.15, 0.2) is 7.11 Å². The molecule has 0 atom stereocenters. The Hall–Kier alpha value is -0.448. The first-order chi connectivity index (χ1) is 8.04. The molecule has 2 heteroatoms. The topological polar surface area (TPSA) is 12.8 Å². The van der Waals surface area contributed by atoms with Crippen molar-refractivity contribution in [1.29, 1.82) is 0 Å². The zero-order valence-electron chi connectivity index (χ0n) is 11.9. The molecule has 0 fully saturated rings. The Morgan fingerprint density at radius 2 is 1.53 bits per heavy atom. The molecule has 1 aromatic rings. The van der Waals surface area contributed by atoms with Crippen LogP contribution in [-0.4, -0.2) is 26.0 Å². The van der Waals surface area contributed by atoms with E-state index in [4.69, 9.17) is 0 Å². The standard InChI is InChI=1S/C7H7O.2C4H9.Al/c1-8-7-5-3-2-4-6-7;2*1-4(2)3;/h2-5H,1H3;2*4H,1H2,2-3H3;/q;;;-1/p+1. The third-order valence-electron chi connectivity index (χ3n) is 3.13. The van der Waals surface area contributed by atoms with Gasteiger partial charge in [-0.3, -0.25) is 0 Å². The molecule has 0 aliphatic heterocycles. The lowest BCUT2D eigenvalue weighted by Gasteiger charge is -2.29. The van der Waals surface area contributed by atoms with Gasteiger partial charge in [0.25, 0.3) is 0 Å². The lowest BCUT2D eigenvalue weighted by atomic mass is 10.3. The highest BCUT2D eigenvalue weighted by atomic mass is 27.2. The van der Waals surface area contributed by atoms with Crippen LogP contribution < -0.4 is 4.43 Å². The predicted molar refractivity (Wildman–Crippen MR) is 78.7 cm³/mol. The van der Waals surface area contributed by atoms with Gasteiger partial charge >= 0.3 is 0 Å². The van der Waals surface area contributed by atoms with Crippen LogP contribution in [0.1, 0.15) is 27.7 Å². The summed E-state index contributed by atoms with van der Waals surface area (Å²) in [6.07, 6.45) is 0. The van der Waals surface area contributed by atoms with E-state index in [2.05, 4.69) is 56.7 Å². The molecule has 0 aliphatic rings. The highest BCUT2D eigenvalue weighted by molar-refractivity contribution is 6.74. The zero-order chi connectivity index (χ0) is 12.8. The van der Waals surface area contributed by atoms with E-state index >= 15 is 0 Å². The van der Waals surface area contributed by atoms with Crippen molar-refractivity contribution >= 4 is 18.6 Å². The van der Waals surface area contributed by atoms with Crippen LogP contribution in [0.2, 0.25) is 10.6 Å². The average Bonchev–Trinajstić information content (AvgIpc) is 2.27.